The van der Waals surface area contributed by atoms with Crippen LogP contribution >= 0.6 is 0 Å². The highest BCUT2D eigenvalue weighted by molar-refractivity contribution is 6.23. The molecule has 4 aliphatic rings. The number of methoxy groups -OCH3 is 2. The molecule has 3 aliphatic carbocycles. The molecule has 1 aromatic carbocycles. The van der Waals surface area contributed by atoms with Gasteiger partial charge in [-0.1, -0.05) is 11.6 Å². The Bertz CT molecular complexity index is 1370. The minimum atomic E-state index is -1.12. The lowest BCUT2D eigenvalue weighted by Crippen LogP contribution is -2.40. The number of ketones is 2. The number of hydrogen-bond acceptors (Lipinski definition) is 8. The third-order valence-corrected chi connectivity index (χ3v) is 8.04. The molecule has 0 radical (unpaired) electrons. The number of Topliss-reactive ketones (excluding diaryl/α,β-unsaturated/α-hetero) is 1. The average molecular weight is 522 g/mol. The fourth-order valence-electron chi connectivity index (χ4n) is 6.33. The van der Waals surface area contributed by atoms with Crippen molar-refractivity contribution in [2.45, 2.75) is 32.1 Å². The SMILES string of the molecule is COc1cc([C@H]2C3=CC[C@@H]4C(=O)N(CCC(=O)O)C(=O)[C@@H]4[C@@H]3CC3=C2C(=O)C=C(C)C3=O)cc(OC)c1O. The maximum absolute atomic E-state index is 13.5. The van der Waals surface area contributed by atoms with Gasteiger partial charge in [0.05, 0.1) is 32.5 Å². The molecule has 1 heterocycles. The Labute approximate surface area is 218 Å². The number of phenolic OH excluding ortho intramolecular Hbond substituents is 1. The van der Waals surface area contributed by atoms with E-state index in [1.165, 1.54) is 20.3 Å². The first-order valence-corrected chi connectivity index (χ1v) is 12.3. The number of fused-ring (bicyclic) bond motifs is 3. The number of carbonyl (C=O) groups excluding carboxylic acids is 4. The van der Waals surface area contributed by atoms with Crippen molar-refractivity contribution >= 4 is 29.4 Å². The number of aromatic hydroxyl groups is 1. The monoisotopic (exact) mass is 521 g/mol. The van der Waals surface area contributed by atoms with Crippen molar-refractivity contribution in [1.29, 1.82) is 0 Å². The summed E-state index contributed by atoms with van der Waals surface area (Å²) in [5.41, 5.74) is 2.17. The quantitative estimate of drug-likeness (QED) is 0.327. The van der Waals surface area contributed by atoms with Crippen LogP contribution in [0.25, 0.3) is 0 Å². The van der Waals surface area contributed by atoms with Gasteiger partial charge in [-0.15, -0.1) is 0 Å². The smallest absolute Gasteiger partial charge is 0.305 e. The van der Waals surface area contributed by atoms with Gasteiger partial charge >= 0.3 is 5.97 Å². The molecule has 0 bridgehead atoms. The molecule has 4 atom stereocenters. The van der Waals surface area contributed by atoms with E-state index in [9.17, 15) is 29.1 Å². The molecule has 1 fully saturated rings. The van der Waals surface area contributed by atoms with E-state index in [2.05, 4.69) is 0 Å². The van der Waals surface area contributed by atoms with E-state index in [4.69, 9.17) is 14.6 Å². The number of rotatable bonds is 6. The van der Waals surface area contributed by atoms with E-state index in [0.717, 1.165) is 10.5 Å². The Kier molecular flexibility index (Phi) is 6.21. The van der Waals surface area contributed by atoms with Crippen LogP contribution < -0.4 is 9.47 Å². The summed E-state index contributed by atoms with van der Waals surface area (Å²) >= 11 is 0. The van der Waals surface area contributed by atoms with Gasteiger partial charge in [-0.3, -0.25) is 28.9 Å². The van der Waals surface area contributed by atoms with E-state index in [-0.39, 0.29) is 54.6 Å². The van der Waals surface area contributed by atoms with Crippen LogP contribution in [0.15, 0.2) is 46.6 Å². The number of carboxylic acids is 1. The molecule has 198 valence electrons. The van der Waals surface area contributed by atoms with Gasteiger partial charge in [0.25, 0.3) is 0 Å². The van der Waals surface area contributed by atoms with Gasteiger partial charge in [0.2, 0.25) is 17.6 Å². The molecule has 1 aliphatic heterocycles. The third-order valence-electron chi connectivity index (χ3n) is 8.04. The van der Waals surface area contributed by atoms with Crippen LogP contribution in [0.2, 0.25) is 0 Å². The lowest BCUT2D eigenvalue weighted by molar-refractivity contribution is -0.142. The number of imide groups is 1. The summed E-state index contributed by atoms with van der Waals surface area (Å²) in [6.45, 7) is 1.35. The number of benzene rings is 1. The van der Waals surface area contributed by atoms with Crippen molar-refractivity contribution in [2.75, 3.05) is 20.8 Å². The van der Waals surface area contributed by atoms with Crippen LogP contribution in [0.1, 0.15) is 37.7 Å². The van der Waals surface area contributed by atoms with Crippen molar-refractivity contribution in [2.24, 2.45) is 17.8 Å². The topological polar surface area (TPSA) is 148 Å². The first-order valence-electron chi connectivity index (χ1n) is 12.3. The van der Waals surface area contributed by atoms with Gasteiger partial charge < -0.3 is 19.7 Å². The predicted octanol–water partition coefficient (Wildman–Crippen LogP) is 2.31. The van der Waals surface area contributed by atoms with E-state index >= 15 is 0 Å². The second-order valence-corrected chi connectivity index (χ2v) is 9.97. The number of ether oxygens (including phenoxy) is 2. The van der Waals surface area contributed by atoms with Crippen LogP contribution in [-0.4, -0.2) is 65.2 Å². The molecular weight excluding hydrogens is 494 g/mol. The number of phenols is 1. The maximum atomic E-state index is 13.5. The Morgan fingerprint density at radius 2 is 1.71 bits per heavy atom. The molecule has 5 rings (SSSR count). The molecule has 2 N–H and O–H groups in total. The standard InChI is InChI=1S/C28H27NO9/c1-12-8-18(30)24-17(25(12)33)11-16-14(22(24)13-9-19(37-2)26(34)20(10-13)38-3)4-5-15-23(16)28(36)29(27(15)35)7-6-21(31)32/h4,8-10,15-16,22-23,34H,5-7,11H2,1-3H3,(H,31,32)/t15-,16+,22-,23-/m0/s1. The summed E-state index contributed by atoms with van der Waals surface area (Å²) < 4.78 is 10.7. The van der Waals surface area contributed by atoms with E-state index in [1.54, 1.807) is 19.1 Å². The third kappa shape index (κ3) is 3.74. The molecule has 0 spiro atoms. The highest BCUT2D eigenvalue weighted by atomic mass is 16.5. The van der Waals surface area contributed by atoms with E-state index < -0.39 is 41.5 Å². The minimum absolute atomic E-state index is 0.117. The van der Waals surface area contributed by atoms with Gasteiger partial charge in [0.15, 0.2) is 23.1 Å². The van der Waals surface area contributed by atoms with Gasteiger partial charge in [0, 0.05) is 29.2 Å². The zero-order valence-electron chi connectivity index (χ0n) is 21.1. The van der Waals surface area contributed by atoms with Crippen LogP contribution in [-0.2, 0) is 24.0 Å². The maximum Gasteiger partial charge on any atom is 0.305 e. The highest BCUT2D eigenvalue weighted by Crippen LogP contribution is 2.56. The van der Waals surface area contributed by atoms with E-state index in [0.29, 0.717) is 22.3 Å². The minimum Gasteiger partial charge on any atom is -0.502 e. The van der Waals surface area contributed by atoms with Crippen molar-refractivity contribution in [3.63, 3.8) is 0 Å². The second kappa shape index (κ2) is 9.27. The Morgan fingerprint density at radius 3 is 2.32 bits per heavy atom. The number of carboxylic acid groups (broad SMARTS) is 1. The number of aliphatic carboxylic acids is 1. The largest absolute Gasteiger partial charge is 0.502 e. The van der Waals surface area contributed by atoms with Crippen molar-refractivity contribution in [3.8, 4) is 17.2 Å². The number of hydrogen-bond donors (Lipinski definition) is 2. The summed E-state index contributed by atoms with van der Waals surface area (Å²) in [5.74, 6) is -5.29. The fourth-order valence-corrected chi connectivity index (χ4v) is 6.33. The molecule has 1 saturated heterocycles. The first kappa shape index (κ1) is 25.4. The lowest BCUT2D eigenvalue weighted by atomic mass is 9.59. The Morgan fingerprint density at radius 1 is 1.05 bits per heavy atom. The molecular formula is C28H27NO9. The van der Waals surface area contributed by atoms with Gasteiger partial charge in [-0.2, -0.15) is 0 Å². The summed E-state index contributed by atoms with van der Waals surface area (Å²) in [6.07, 6.45) is 3.18. The summed E-state index contributed by atoms with van der Waals surface area (Å²) in [4.78, 5) is 65.4. The molecule has 10 nitrogen and oxygen atoms in total. The fraction of sp³-hybridized carbons (Fsp3) is 0.393. The van der Waals surface area contributed by atoms with E-state index in [1.807, 2.05) is 6.08 Å². The normalized spacial score (nSPS) is 26.4. The first-order chi connectivity index (χ1) is 18.1. The molecule has 0 unspecified atom stereocenters. The highest BCUT2D eigenvalue weighted by Gasteiger charge is 2.56. The van der Waals surface area contributed by atoms with Gasteiger partial charge in [-0.25, -0.2) is 0 Å². The summed E-state index contributed by atoms with van der Waals surface area (Å²) in [6, 6.07) is 3.15. The Hall–Kier alpha value is -4.21. The summed E-state index contributed by atoms with van der Waals surface area (Å²) in [5, 5.41) is 19.6. The van der Waals surface area contributed by atoms with Crippen molar-refractivity contribution in [1.82, 2.24) is 4.90 Å². The molecule has 10 heteroatoms. The van der Waals surface area contributed by atoms with Crippen molar-refractivity contribution < 1.29 is 43.7 Å². The average Bonchev–Trinajstić information content (AvgIpc) is 3.14. The molecule has 1 aromatic rings. The van der Waals surface area contributed by atoms with Crippen LogP contribution in [0, 0.1) is 17.8 Å². The summed E-state index contributed by atoms with van der Waals surface area (Å²) in [7, 11) is 2.76. The zero-order chi connectivity index (χ0) is 27.5. The van der Waals surface area contributed by atoms with Gasteiger partial charge in [0.1, 0.15) is 0 Å². The molecule has 0 aromatic heterocycles. The molecule has 38 heavy (non-hydrogen) atoms. The number of allylic oxidation sites excluding steroid dienone is 6. The zero-order valence-corrected chi connectivity index (χ0v) is 21.1. The van der Waals surface area contributed by atoms with Crippen LogP contribution in [0.5, 0.6) is 17.2 Å². The second-order valence-electron chi connectivity index (χ2n) is 9.97. The Balaban J connectivity index is 1.66. The van der Waals surface area contributed by atoms with Crippen LogP contribution in [0.3, 0.4) is 0 Å². The number of likely N-dealkylation sites (tertiary alicyclic amines) is 1. The number of amides is 2. The molecule has 2 amide bonds. The number of carbonyl (C=O) groups is 5. The number of nitrogens with zero attached hydrogens (tertiary/aromatic N) is 1. The lowest BCUT2D eigenvalue weighted by Gasteiger charge is -2.42. The predicted molar refractivity (Wildman–Crippen MR) is 132 cm³/mol. The van der Waals surface area contributed by atoms with Crippen molar-refractivity contribution in [3.05, 3.63) is 52.1 Å². The van der Waals surface area contributed by atoms with Gasteiger partial charge in [-0.05, 0) is 49.5 Å². The van der Waals surface area contributed by atoms with Crippen LogP contribution in [0.4, 0.5) is 0 Å². The molecule has 0 saturated carbocycles.